The number of unbranched alkanes of at least 4 members (excludes halogenated alkanes) is 1. The molecular weight excluding hydrogens is 201 g/mol. The molecule has 78 valence electrons. The quantitative estimate of drug-likeness (QED) is 0.815. The third-order valence-electron chi connectivity index (χ3n) is 2.23. The van der Waals surface area contributed by atoms with E-state index in [1.807, 2.05) is 0 Å². The molecule has 2 N–H and O–H groups in total. The van der Waals surface area contributed by atoms with Crippen LogP contribution in [0.4, 0.5) is 4.39 Å². The van der Waals surface area contributed by atoms with Gasteiger partial charge in [-0.15, -0.1) is 0 Å². The third kappa shape index (κ3) is 2.96. The van der Waals surface area contributed by atoms with Crippen molar-refractivity contribution >= 4 is 11.6 Å². The van der Waals surface area contributed by atoms with Crippen LogP contribution in [0.2, 0.25) is 5.02 Å². The van der Waals surface area contributed by atoms with Crippen LogP contribution in [-0.4, -0.2) is 0 Å². The number of benzene rings is 1. The van der Waals surface area contributed by atoms with E-state index in [9.17, 15) is 4.39 Å². The summed E-state index contributed by atoms with van der Waals surface area (Å²) in [5, 5.41) is 0.411. The van der Waals surface area contributed by atoms with Crippen LogP contribution in [0.1, 0.15) is 37.8 Å². The SMILES string of the molecule is CCCC[C@@H](N)c1ccc(Cl)cc1F. The summed E-state index contributed by atoms with van der Waals surface area (Å²) >= 11 is 5.65. The van der Waals surface area contributed by atoms with Gasteiger partial charge in [-0.25, -0.2) is 4.39 Å². The molecule has 1 rings (SSSR count). The van der Waals surface area contributed by atoms with Gasteiger partial charge in [-0.05, 0) is 18.6 Å². The monoisotopic (exact) mass is 215 g/mol. The van der Waals surface area contributed by atoms with Gasteiger partial charge < -0.3 is 5.73 Å². The Kier molecular flexibility index (Phi) is 4.36. The maximum Gasteiger partial charge on any atom is 0.129 e. The highest BCUT2D eigenvalue weighted by atomic mass is 35.5. The van der Waals surface area contributed by atoms with Crippen LogP contribution in [-0.2, 0) is 0 Å². The molecule has 1 atom stereocenters. The van der Waals surface area contributed by atoms with Crippen LogP contribution in [0.3, 0.4) is 0 Å². The van der Waals surface area contributed by atoms with E-state index in [1.54, 1.807) is 12.1 Å². The highest BCUT2D eigenvalue weighted by molar-refractivity contribution is 6.30. The predicted molar refractivity (Wildman–Crippen MR) is 57.9 cm³/mol. The molecule has 0 heterocycles. The minimum Gasteiger partial charge on any atom is -0.324 e. The fraction of sp³-hybridized carbons (Fsp3) is 0.455. The van der Waals surface area contributed by atoms with Crippen molar-refractivity contribution < 1.29 is 4.39 Å². The minimum atomic E-state index is -0.305. The predicted octanol–water partition coefficient (Wildman–Crippen LogP) is 3.67. The van der Waals surface area contributed by atoms with E-state index in [0.29, 0.717) is 10.6 Å². The molecule has 1 nitrogen and oxygen atoms in total. The van der Waals surface area contributed by atoms with Gasteiger partial charge in [-0.1, -0.05) is 37.4 Å². The molecule has 0 fully saturated rings. The second kappa shape index (κ2) is 5.32. The molecule has 3 heteroatoms. The maximum absolute atomic E-state index is 13.4. The van der Waals surface area contributed by atoms with Gasteiger partial charge in [-0.3, -0.25) is 0 Å². The number of rotatable bonds is 4. The second-order valence-electron chi connectivity index (χ2n) is 3.41. The summed E-state index contributed by atoms with van der Waals surface area (Å²) in [4.78, 5) is 0. The topological polar surface area (TPSA) is 26.0 Å². The van der Waals surface area contributed by atoms with Crippen molar-refractivity contribution in [2.24, 2.45) is 5.73 Å². The fourth-order valence-electron chi connectivity index (χ4n) is 1.38. The molecule has 14 heavy (non-hydrogen) atoms. The first-order valence-corrected chi connectivity index (χ1v) is 5.23. The van der Waals surface area contributed by atoms with Crippen LogP contribution in [0.15, 0.2) is 18.2 Å². The lowest BCUT2D eigenvalue weighted by molar-refractivity contribution is 0.548. The average molecular weight is 216 g/mol. The summed E-state index contributed by atoms with van der Waals surface area (Å²) in [6, 6.07) is 4.43. The van der Waals surface area contributed by atoms with Gasteiger partial charge in [0.1, 0.15) is 5.82 Å². The Morgan fingerprint density at radius 1 is 1.50 bits per heavy atom. The van der Waals surface area contributed by atoms with Crippen LogP contribution < -0.4 is 5.73 Å². The summed E-state index contributed by atoms with van der Waals surface area (Å²) in [6.07, 6.45) is 2.90. The number of hydrogen-bond donors (Lipinski definition) is 1. The molecule has 0 amide bonds. The lowest BCUT2D eigenvalue weighted by Crippen LogP contribution is -2.11. The van der Waals surface area contributed by atoms with Crippen molar-refractivity contribution in [1.29, 1.82) is 0 Å². The molecule has 0 saturated heterocycles. The summed E-state index contributed by atoms with van der Waals surface area (Å²) < 4.78 is 13.4. The maximum atomic E-state index is 13.4. The van der Waals surface area contributed by atoms with E-state index >= 15 is 0 Å². The van der Waals surface area contributed by atoms with Crippen molar-refractivity contribution in [2.45, 2.75) is 32.2 Å². The summed E-state index contributed by atoms with van der Waals surface area (Å²) in [5.74, 6) is -0.305. The molecule has 0 spiro atoms. The minimum absolute atomic E-state index is 0.216. The largest absolute Gasteiger partial charge is 0.324 e. The van der Waals surface area contributed by atoms with Gasteiger partial charge in [0.25, 0.3) is 0 Å². The molecule has 0 aliphatic rings. The van der Waals surface area contributed by atoms with E-state index in [4.69, 9.17) is 17.3 Å². The van der Waals surface area contributed by atoms with Crippen LogP contribution in [0, 0.1) is 5.82 Å². The molecule has 0 unspecified atom stereocenters. The van der Waals surface area contributed by atoms with Crippen molar-refractivity contribution in [2.75, 3.05) is 0 Å². The smallest absolute Gasteiger partial charge is 0.129 e. The van der Waals surface area contributed by atoms with Crippen molar-refractivity contribution in [1.82, 2.24) is 0 Å². The zero-order valence-electron chi connectivity index (χ0n) is 8.26. The van der Waals surface area contributed by atoms with Crippen LogP contribution in [0.5, 0.6) is 0 Å². The average Bonchev–Trinajstić information content (AvgIpc) is 2.14. The molecule has 1 aromatic carbocycles. The Labute approximate surface area is 89.1 Å². The zero-order valence-corrected chi connectivity index (χ0v) is 9.02. The molecule has 1 aromatic rings. The van der Waals surface area contributed by atoms with E-state index < -0.39 is 0 Å². The van der Waals surface area contributed by atoms with E-state index in [1.165, 1.54) is 6.07 Å². The molecule has 0 aliphatic heterocycles. The molecule has 0 aromatic heterocycles. The second-order valence-corrected chi connectivity index (χ2v) is 3.85. The molecule has 0 aliphatic carbocycles. The first kappa shape index (κ1) is 11.5. The van der Waals surface area contributed by atoms with Crippen molar-refractivity contribution in [3.8, 4) is 0 Å². The highest BCUT2D eigenvalue weighted by Crippen LogP contribution is 2.22. The van der Waals surface area contributed by atoms with Gasteiger partial charge in [0.2, 0.25) is 0 Å². The van der Waals surface area contributed by atoms with Gasteiger partial charge >= 0.3 is 0 Å². The lowest BCUT2D eigenvalue weighted by atomic mass is 10.0. The van der Waals surface area contributed by atoms with Gasteiger partial charge in [-0.2, -0.15) is 0 Å². The zero-order chi connectivity index (χ0) is 10.6. The molecular formula is C11H15ClFN. The Bertz CT molecular complexity index is 301. The Morgan fingerprint density at radius 3 is 2.79 bits per heavy atom. The third-order valence-corrected chi connectivity index (χ3v) is 2.47. The number of hydrogen-bond acceptors (Lipinski definition) is 1. The van der Waals surface area contributed by atoms with Gasteiger partial charge in [0.15, 0.2) is 0 Å². The van der Waals surface area contributed by atoms with Crippen molar-refractivity contribution in [3.05, 3.63) is 34.6 Å². The summed E-state index contributed by atoms with van der Waals surface area (Å²) in [5.41, 5.74) is 6.41. The molecule has 0 bridgehead atoms. The number of halogens is 2. The first-order valence-electron chi connectivity index (χ1n) is 4.85. The summed E-state index contributed by atoms with van der Waals surface area (Å²) in [6.45, 7) is 2.09. The van der Waals surface area contributed by atoms with Crippen LogP contribution >= 0.6 is 11.6 Å². The highest BCUT2D eigenvalue weighted by Gasteiger charge is 2.10. The van der Waals surface area contributed by atoms with E-state index in [2.05, 4.69) is 6.92 Å². The first-order chi connectivity index (χ1) is 6.65. The van der Waals surface area contributed by atoms with E-state index in [-0.39, 0.29) is 11.9 Å². The number of nitrogens with two attached hydrogens (primary N) is 1. The lowest BCUT2D eigenvalue weighted by Gasteiger charge is -2.12. The molecule has 0 radical (unpaired) electrons. The van der Waals surface area contributed by atoms with E-state index in [0.717, 1.165) is 19.3 Å². The standard InChI is InChI=1S/C11H15ClFN/c1-2-3-4-11(14)9-6-5-8(12)7-10(9)13/h5-7,11H,2-4,14H2,1H3/t11-/m1/s1. The molecule has 0 saturated carbocycles. The van der Waals surface area contributed by atoms with Crippen LogP contribution in [0.25, 0.3) is 0 Å². The van der Waals surface area contributed by atoms with Gasteiger partial charge in [0, 0.05) is 16.6 Å². The Morgan fingerprint density at radius 2 is 2.21 bits per heavy atom. The Balaban J connectivity index is 2.74. The van der Waals surface area contributed by atoms with Gasteiger partial charge in [0.05, 0.1) is 0 Å². The van der Waals surface area contributed by atoms with Crippen molar-refractivity contribution in [3.63, 3.8) is 0 Å². The normalized spacial score (nSPS) is 12.9. The Hall–Kier alpha value is -0.600. The fourth-order valence-corrected chi connectivity index (χ4v) is 1.54. The summed E-state index contributed by atoms with van der Waals surface area (Å²) in [7, 11) is 0.